The van der Waals surface area contributed by atoms with E-state index in [0.717, 1.165) is 0 Å². The molecule has 24 heavy (non-hydrogen) atoms. The summed E-state index contributed by atoms with van der Waals surface area (Å²) >= 11 is 0. The quantitative estimate of drug-likeness (QED) is 0.215. The predicted molar refractivity (Wildman–Crippen MR) is 106 cm³/mol. The fraction of sp³-hybridized carbons (Fsp3) is 0.0833. The molecule has 0 saturated heterocycles. The maximum atomic E-state index is 2.36. The second-order valence-electron chi connectivity index (χ2n) is 6.70. The van der Waals surface area contributed by atoms with Crippen molar-refractivity contribution in [1.82, 2.24) is 0 Å². The molecule has 0 heteroatoms. The first kappa shape index (κ1) is 13.6. The molecule has 0 aromatic heterocycles. The SMILES string of the molecule is Cc1c(C)c2c3cc4ccccc4cc3ccc2c2ccccc12. The van der Waals surface area contributed by atoms with Crippen molar-refractivity contribution in [2.75, 3.05) is 0 Å². The molecular weight excluding hydrogens is 288 g/mol. The highest BCUT2D eigenvalue weighted by Crippen LogP contribution is 2.37. The summed E-state index contributed by atoms with van der Waals surface area (Å²) in [5, 5.41) is 10.8. The van der Waals surface area contributed by atoms with E-state index in [1.807, 2.05) is 0 Å². The maximum absolute atomic E-state index is 2.36. The van der Waals surface area contributed by atoms with Gasteiger partial charge in [-0.15, -0.1) is 0 Å². The first-order valence-corrected chi connectivity index (χ1v) is 8.47. The van der Waals surface area contributed by atoms with Gasteiger partial charge in [-0.05, 0) is 80.2 Å². The predicted octanol–water partition coefficient (Wildman–Crippen LogP) is 6.92. The molecule has 5 aromatic rings. The number of rotatable bonds is 0. The Morgan fingerprint density at radius 3 is 1.92 bits per heavy atom. The van der Waals surface area contributed by atoms with Crippen molar-refractivity contribution in [1.29, 1.82) is 0 Å². The molecule has 0 radical (unpaired) electrons. The Bertz CT molecular complexity index is 1260. The van der Waals surface area contributed by atoms with Gasteiger partial charge in [-0.2, -0.15) is 0 Å². The van der Waals surface area contributed by atoms with Crippen LogP contribution in [0.5, 0.6) is 0 Å². The third kappa shape index (κ3) is 1.74. The van der Waals surface area contributed by atoms with Crippen molar-refractivity contribution in [3.05, 3.63) is 83.9 Å². The first-order valence-electron chi connectivity index (χ1n) is 8.47. The zero-order chi connectivity index (χ0) is 16.3. The first-order chi connectivity index (χ1) is 11.7. The van der Waals surface area contributed by atoms with E-state index < -0.39 is 0 Å². The molecule has 0 aliphatic carbocycles. The minimum Gasteiger partial charge on any atom is -0.0616 e. The third-order valence-electron chi connectivity index (χ3n) is 5.44. The maximum Gasteiger partial charge on any atom is -0.00668 e. The smallest absolute Gasteiger partial charge is 0.00668 e. The van der Waals surface area contributed by atoms with Crippen LogP contribution in [0.2, 0.25) is 0 Å². The van der Waals surface area contributed by atoms with Gasteiger partial charge in [0.25, 0.3) is 0 Å². The molecule has 0 saturated carbocycles. The normalized spacial score (nSPS) is 11.8. The molecule has 0 heterocycles. The Morgan fingerprint density at radius 1 is 0.458 bits per heavy atom. The fourth-order valence-corrected chi connectivity index (χ4v) is 4.08. The van der Waals surface area contributed by atoms with Crippen molar-refractivity contribution in [3.63, 3.8) is 0 Å². The van der Waals surface area contributed by atoms with Gasteiger partial charge in [-0.1, -0.05) is 60.7 Å². The van der Waals surface area contributed by atoms with Crippen LogP contribution in [0.1, 0.15) is 11.1 Å². The Balaban J connectivity index is 2.09. The lowest BCUT2D eigenvalue weighted by molar-refractivity contribution is 1.42. The van der Waals surface area contributed by atoms with E-state index in [1.54, 1.807) is 0 Å². The Morgan fingerprint density at radius 2 is 1.12 bits per heavy atom. The standard InChI is InChI=1S/C24H18/c1-15-16(2)24-22(21-10-6-5-9-20(15)21)12-11-19-13-17-7-3-4-8-18(17)14-23(19)24/h3-14H,1-2H3. The molecule has 0 aliphatic heterocycles. The summed E-state index contributed by atoms with van der Waals surface area (Å²) in [4.78, 5) is 0. The number of hydrogen-bond donors (Lipinski definition) is 0. The Labute approximate surface area is 141 Å². The van der Waals surface area contributed by atoms with Crippen molar-refractivity contribution >= 4 is 43.1 Å². The van der Waals surface area contributed by atoms with Gasteiger partial charge >= 0.3 is 0 Å². The van der Waals surface area contributed by atoms with Crippen LogP contribution in [-0.4, -0.2) is 0 Å². The number of benzene rings is 5. The zero-order valence-corrected chi connectivity index (χ0v) is 13.9. The average Bonchev–Trinajstić information content (AvgIpc) is 2.63. The molecular formula is C24H18. The van der Waals surface area contributed by atoms with Crippen molar-refractivity contribution in [2.24, 2.45) is 0 Å². The monoisotopic (exact) mass is 306 g/mol. The van der Waals surface area contributed by atoms with E-state index in [-0.39, 0.29) is 0 Å². The highest BCUT2D eigenvalue weighted by atomic mass is 14.1. The van der Waals surface area contributed by atoms with Crippen LogP contribution < -0.4 is 0 Å². The van der Waals surface area contributed by atoms with Crippen LogP contribution in [0, 0.1) is 13.8 Å². The number of hydrogen-bond acceptors (Lipinski definition) is 0. The van der Waals surface area contributed by atoms with Gasteiger partial charge in [0.1, 0.15) is 0 Å². The summed E-state index contributed by atoms with van der Waals surface area (Å²) < 4.78 is 0. The third-order valence-corrected chi connectivity index (χ3v) is 5.44. The minimum absolute atomic E-state index is 1.31. The largest absolute Gasteiger partial charge is 0.0616 e. The molecule has 0 atom stereocenters. The highest BCUT2D eigenvalue weighted by molar-refractivity contribution is 6.21. The van der Waals surface area contributed by atoms with Gasteiger partial charge in [-0.3, -0.25) is 0 Å². The molecule has 0 N–H and O–H groups in total. The van der Waals surface area contributed by atoms with Crippen LogP contribution in [-0.2, 0) is 0 Å². The molecule has 0 amide bonds. The van der Waals surface area contributed by atoms with E-state index in [2.05, 4.69) is 86.6 Å². The van der Waals surface area contributed by atoms with E-state index in [1.165, 1.54) is 54.2 Å². The highest BCUT2D eigenvalue weighted by Gasteiger charge is 2.11. The summed E-state index contributed by atoms with van der Waals surface area (Å²) in [6, 6.07) is 26.6. The summed E-state index contributed by atoms with van der Waals surface area (Å²) in [5.74, 6) is 0. The van der Waals surface area contributed by atoms with Crippen LogP contribution in [0.25, 0.3) is 43.1 Å². The van der Waals surface area contributed by atoms with E-state index in [0.29, 0.717) is 0 Å². The molecule has 114 valence electrons. The molecule has 5 aromatic carbocycles. The lowest BCUT2D eigenvalue weighted by Gasteiger charge is -2.15. The second kappa shape index (κ2) is 4.82. The van der Waals surface area contributed by atoms with Crippen LogP contribution in [0.15, 0.2) is 72.8 Å². The Kier molecular flexibility index (Phi) is 2.72. The summed E-state index contributed by atoms with van der Waals surface area (Å²) in [7, 11) is 0. The zero-order valence-electron chi connectivity index (χ0n) is 13.9. The lowest BCUT2D eigenvalue weighted by atomic mass is 9.89. The minimum atomic E-state index is 1.31. The second-order valence-corrected chi connectivity index (χ2v) is 6.70. The van der Waals surface area contributed by atoms with E-state index in [4.69, 9.17) is 0 Å². The van der Waals surface area contributed by atoms with Gasteiger partial charge in [-0.25, -0.2) is 0 Å². The van der Waals surface area contributed by atoms with Gasteiger partial charge in [0.15, 0.2) is 0 Å². The molecule has 0 nitrogen and oxygen atoms in total. The molecule has 0 spiro atoms. The summed E-state index contributed by atoms with van der Waals surface area (Å²) in [6.45, 7) is 4.51. The molecule has 0 unspecified atom stereocenters. The van der Waals surface area contributed by atoms with Crippen LogP contribution in [0.4, 0.5) is 0 Å². The van der Waals surface area contributed by atoms with Crippen LogP contribution >= 0.6 is 0 Å². The van der Waals surface area contributed by atoms with Crippen molar-refractivity contribution in [3.8, 4) is 0 Å². The lowest BCUT2D eigenvalue weighted by Crippen LogP contribution is -1.90. The summed E-state index contributed by atoms with van der Waals surface area (Å²) in [5.41, 5.74) is 2.78. The Hall–Kier alpha value is -2.86. The molecule has 5 rings (SSSR count). The van der Waals surface area contributed by atoms with Crippen molar-refractivity contribution in [2.45, 2.75) is 13.8 Å². The number of fused-ring (bicyclic) bond motifs is 6. The molecule has 0 fully saturated rings. The van der Waals surface area contributed by atoms with Crippen molar-refractivity contribution < 1.29 is 0 Å². The van der Waals surface area contributed by atoms with E-state index >= 15 is 0 Å². The molecule has 0 aliphatic rings. The van der Waals surface area contributed by atoms with Gasteiger partial charge in [0.05, 0.1) is 0 Å². The topological polar surface area (TPSA) is 0 Å². The van der Waals surface area contributed by atoms with E-state index in [9.17, 15) is 0 Å². The van der Waals surface area contributed by atoms with Gasteiger partial charge in [0.2, 0.25) is 0 Å². The van der Waals surface area contributed by atoms with Crippen LogP contribution in [0.3, 0.4) is 0 Å². The van der Waals surface area contributed by atoms with Gasteiger partial charge < -0.3 is 0 Å². The average molecular weight is 306 g/mol. The number of aryl methyl sites for hydroxylation is 2. The van der Waals surface area contributed by atoms with Gasteiger partial charge in [0, 0.05) is 0 Å². The fourth-order valence-electron chi connectivity index (χ4n) is 4.08. The summed E-state index contributed by atoms with van der Waals surface area (Å²) in [6.07, 6.45) is 0. The molecule has 0 bridgehead atoms.